The van der Waals surface area contributed by atoms with Crippen molar-refractivity contribution in [2.45, 2.75) is 0 Å². The van der Waals surface area contributed by atoms with Gasteiger partial charge >= 0.3 is 12.6 Å². The average Bonchev–Trinajstić information content (AvgIpc) is 1.67. The van der Waals surface area contributed by atoms with Gasteiger partial charge in [-0.1, -0.05) is 0 Å². The standard InChI is InChI=1S/C4H6NO3/c1-5(2)4(7)8-3-6/h1-2H3. The first-order chi connectivity index (χ1) is 3.68. The van der Waals surface area contributed by atoms with Gasteiger partial charge < -0.3 is 9.64 Å². The molecule has 0 unspecified atom stereocenters. The van der Waals surface area contributed by atoms with Crippen molar-refractivity contribution in [3.63, 3.8) is 0 Å². The lowest BCUT2D eigenvalue weighted by molar-refractivity contribution is 0.165. The van der Waals surface area contributed by atoms with Gasteiger partial charge in [0.05, 0.1) is 0 Å². The van der Waals surface area contributed by atoms with E-state index < -0.39 is 6.09 Å². The third-order valence-electron chi connectivity index (χ3n) is 0.494. The highest BCUT2D eigenvalue weighted by atomic mass is 16.6. The molecule has 0 aromatic carbocycles. The van der Waals surface area contributed by atoms with Gasteiger partial charge in [0, 0.05) is 14.1 Å². The van der Waals surface area contributed by atoms with Crippen molar-refractivity contribution < 1.29 is 14.3 Å². The zero-order valence-corrected chi connectivity index (χ0v) is 4.67. The quantitative estimate of drug-likeness (QED) is 0.444. The predicted molar refractivity (Wildman–Crippen MR) is 25.9 cm³/mol. The molecule has 0 aromatic heterocycles. The summed E-state index contributed by atoms with van der Waals surface area (Å²) in [5.74, 6) is 0. The number of nitrogens with zero attached hydrogens (tertiary/aromatic N) is 1. The van der Waals surface area contributed by atoms with Crippen LogP contribution in [0.4, 0.5) is 4.79 Å². The Morgan fingerprint density at radius 1 is 1.62 bits per heavy atom. The molecule has 0 saturated heterocycles. The monoisotopic (exact) mass is 116 g/mol. The minimum absolute atomic E-state index is 0.708. The third kappa shape index (κ3) is 2.17. The van der Waals surface area contributed by atoms with Crippen LogP contribution in [0.2, 0.25) is 0 Å². The predicted octanol–water partition coefficient (Wildman–Crippen LogP) is -0.248. The van der Waals surface area contributed by atoms with E-state index in [2.05, 4.69) is 4.74 Å². The Kier molecular flexibility index (Phi) is 2.61. The van der Waals surface area contributed by atoms with E-state index in [1.165, 1.54) is 14.1 Å². The fourth-order valence-electron chi connectivity index (χ4n) is 0.127. The molecule has 0 aliphatic rings. The van der Waals surface area contributed by atoms with E-state index in [1.807, 2.05) is 0 Å². The molecule has 0 rings (SSSR count). The summed E-state index contributed by atoms with van der Waals surface area (Å²) >= 11 is 0. The maximum atomic E-state index is 10.2. The van der Waals surface area contributed by atoms with Crippen LogP contribution < -0.4 is 0 Å². The van der Waals surface area contributed by atoms with E-state index in [0.717, 1.165) is 11.4 Å². The third-order valence-corrected chi connectivity index (χ3v) is 0.494. The molecule has 0 aromatic rings. The fourth-order valence-corrected chi connectivity index (χ4v) is 0.127. The summed E-state index contributed by atoms with van der Waals surface area (Å²) in [5, 5.41) is 0. The molecule has 0 bridgehead atoms. The molecule has 0 N–H and O–H groups in total. The fraction of sp³-hybridized carbons (Fsp3) is 0.500. The lowest BCUT2D eigenvalue weighted by Crippen LogP contribution is -2.21. The number of hydrogen-bond acceptors (Lipinski definition) is 3. The van der Waals surface area contributed by atoms with Crippen LogP contribution in [-0.2, 0) is 9.53 Å². The van der Waals surface area contributed by atoms with Crippen molar-refractivity contribution >= 4 is 12.6 Å². The lowest BCUT2D eigenvalue weighted by Gasteiger charge is -2.03. The van der Waals surface area contributed by atoms with Crippen molar-refractivity contribution in [1.29, 1.82) is 0 Å². The minimum atomic E-state index is -0.708. The van der Waals surface area contributed by atoms with Gasteiger partial charge in [0.1, 0.15) is 0 Å². The van der Waals surface area contributed by atoms with Crippen LogP contribution in [0.25, 0.3) is 0 Å². The van der Waals surface area contributed by atoms with Crippen LogP contribution in [0.5, 0.6) is 0 Å². The summed E-state index contributed by atoms with van der Waals surface area (Å²) in [6, 6.07) is 0. The van der Waals surface area contributed by atoms with Gasteiger partial charge in [-0.15, -0.1) is 0 Å². The number of amides is 1. The lowest BCUT2D eigenvalue weighted by atomic mass is 10.9. The number of ether oxygens (including phenoxy) is 1. The largest absolute Gasteiger partial charge is 0.426 e. The molecule has 0 atom stereocenters. The Morgan fingerprint density at radius 3 is 2.25 bits per heavy atom. The first kappa shape index (κ1) is 6.94. The zero-order valence-electron chi connectivity index (χ0n) is 4.67. The SMILES string of the molecule is CN(C)C(=O)O[C]=O. The van der Waals surface area contributed by atoms with E-state index in [1.54, 1.807) is 0 Å². The van der Waals surface area contributed by atoms with Crippen molar-refractivity contribution in [3.8, 4) is 0 Å². The van der Waals surface area contributed by atoms with E-state index in [0.29, 0.717) is 0 Å². The Hall–Kier alpha value is -1.06. The Bertz CT molecular complexity index is 99.5. The van der Waals surface area contributed by atoms with Crippen LogP contribution in [0.15, 0.2) is 0 Å². The molecule has 0 saturated carbocycles. The molecule has 8 heavy (non-hydrogen) atoms. The highest BCUT2D eigenvalue weighted by molar-refractivity contribution is 5.74. The maximum absolute atomic E-state index is 10.2. The van der Waals surface area contributed by atoms with Gasteiger partial charge in [-0.3, -0.25) is 0 Å². The molecule has 1 amide bonds. The summed E-state index contributed by atoms with van der Waals surface area (Å²) in [7, 11) is 2.94. The molecule has 4 heteroatoms. The Morgan fingerprint density at radius 2 is 2.12 bits per heavy atom. The second-order valence-electron chi connectivity index (χ2n) is 1.35. The van der Waals surface area contributed by atoms with Gasteiger partial charge in [0.25, 0.3) is 0 Å². The maximum Gasteiger partial charge on any atom is 0.426 e. The number of carbonyl (C=O) groups is 1. The van der Waals surface area contributed by atoms with Gasteiger partial charge in [-0.05, 0) is 0 Å². The van der Waals surface area contributed by atoms with Gasteiger partial charge in [-0.2, -0.15) is 0 Å². The molecule has 0 aliphatic carbocycles. The molecule has 4 nitrogen and oxygen atoms in total. The van der Waals surface area contributed by atoms with Crippen LogP contribution in [0.3, 0.4) is 0 Å². The van der Waals surface area contributed by atoms with Crippen LogP contribution in [0.1, 0.15) is 0 Å². The molecule has 45 valence electrons. The summed E-state index contributed by atoms with van der Waals surface area (Å²) in [4.78, 5) is 20.6. The van der Waals surface area contributed by atoms with Crippen LogP contribution in [-0.4, -0.2) is 31.6 Å². The van der Waals surface area contributed by atoms with Gasteiger partial charge in [0.2, 0.25) is 0 Å². The van der Waals surface area contributed by atoms with Crippen molar-refractivity contribution in [1.82, 2.24) is 4.90 Å². The van der Waals surface area contributed by atoms with E-state index in [4.69, 9.17) is 0 Å². The second-order valence-corrected chi connectivity index (χ2v) is 1.35. The first-order valence-electron chi connectivity index (χ1n) is 1.93. The Labute approximate surface area is 47.0 Å². The molecular formula is C4H6NO3. The highest BCUT2D eigenvalue weighted by Crippen LogP contribution is 1.79. The second kappa shape index (κ2) is 3.01. The number of rotatable bonds is 1. The van der Waals surface area contributed by atoms with Crippen molar-refractivity contribution in [2.24, 2.45) is 0 Å². The molecule has 0 aliphatic heterocycles. The smallest absolute Gasteiger partial charge is 0.367 e. The normalized spacial score (nSPS) is 7.75. The minimum Gasteiger partial charge on any atom is -0.367 e. The van der Waals surface area contributed by atoms with Crippen LogP contribution >= 0.6 is 0 Å². The zero-order chi connectivity index (χ0) is 6.57. The van der Waals surface area contributed by atoms with E-state index >= 15 is 0 Å². The van der Waals surface area contributed by atoms with E-state index in [-0.39, 0.29) is 0 Å². The van der Waals surface area contributed by atoms with Gasteiger partial charge in [0.15, 0.2) is 0 Å². The summed E-state index contributed by atoms with van der Waals surface area (Å²) < 4.78 is 3.78. The molecule has 0 heterocycles. The molecule has 1 radical (unpaired) electrons. The van der Waals surface area contributed by atoms with Crippen molar-refractivity contribution in [2.75, 3.05) is 14.1 Å². The van der Waals surface area contributed by atoms with Crippen molar-refractivity contribution in [3.05, 3.63) is 0 Å². The number of carbonyl (C=O) groups excluding carboxylic acids is 2. The highest BCUT2D eigenvalue weighted by Gasteiger charge is 2.01. The molecular weight excluding hydrogens is 110 g/mol. The van der Waals surface area contributed by atoms with E-state index in [9.17, 15) is 9.59 Å². The topological polar surface area (TPSA) is 46.6 Å². The first-order valence-corrected chi connectivity index (χ1v) is 1.93. The summed E-state index contributed by atoms with van der Waals surface area (Å²) in [6.45, 7) is 1.01. The van der Waals surface area contributed by atoms with Gasteiger partial charge in [-0.25, -0.2) is 9.59 Å². The van der Waals surface area contributed by atoms with Crippen LogP contribution in [0, 0.1) is 0 Å². The molecule has 0 fully saturated rings. The molecule has 0 spiro atoms. The average molecular weight is 116 g/mol. The summed E-state index contributed by atoms with van der Waals surface area (Å²) in [6.07, 6.45) is -0.708. The Balaban J connectivity index is 3.48. The summed E-state index contributed by atoms with van der Waals surface area (Å²) in [5.41, 5.74) is 0. The number of hydrogen-bond donors (Lipinski definition) is 0.